The molecule has 3 unspecified atom stereocenters. The average molecular weight is 186 g/mol. The molecule has 0 saturated carbocycles. The molecule has 1 rings (SSSR count). The van der Waals surface area contributed by atoms with Crippen molar-refractivity contribution >= 4 is 0 Å². The Labute approximate surface area is 81.6 Å². The molecule has 0 amide bonds. The third kappa shape index (κ3) is 3.92. The molecular weight excluding hydrogens is 164 g/mol. The quantitative estimate of drug-likeness (QED) is 0.638. The van der Waals surface area contributed by atoms with Crippen LogP contribution in [-0.2, 0) is 4.74 Å². The molecule has 0 aliphatic carbocycles. The van der Waals surface area contributed by atoms with Gasteiger partial charge < -0.3 is 9.84 Å². The molecule has 3 atom stereocenters. The van der Waals surface area contributed by atoms with Crippen molar-refractivity contribution in [3.05, 3.63) is 13.2 Å². The number of aliphatic hydroxyl groups is 1. The van der Waals surface area contributed by atoms with Crippen molar-refractivity contribution in [2.75, 3.05) is 0 Å². The first-order valence-corrected chi connectivity index (χ1v) is 4.94. The molecule has 1 N–H and O–H groups in total. The van der Waals surface area contributed by atoms with E-state index >= 15 is 0 Å². The smallest absolute Gasteiger partial charge is 0.157 e. The third-order valence-electron chi connectivity index (χ3n) is 2.50. The summed E-state index contributed by atoms with van der Waals surface area (Å²) in [6.07, 6.45) is 1.89. The maximum absolute atomic E-state index is 9.49. The summed E-state index contributed by atoms with van der Waals surface area (Å²) >= 11 is 0. The van der Waals surface area contributed by atoms with Crippen LogP contribution < -0.4 is 0 Å². The Morgan fingerprint density at radius 1 is 1.31 bits per heavy atom. The Balaban J connectivity index is 0.000000671. The summed E-state index contributed by atoms with van der Waals surface area (Å²) in [5.74, 6) is 0.865. The number of hydrogen-bond acceptors (Lipinski definition) is 2. The standard InChI is InChI=1S/C9H18O2.C2H4/c1-6(2)8-5-4-7(3)11-9(8)10;1-2/h6-10H,4-5H2,1-3H3;1-2H2. The van der Waals surface area contributed by atoms with Crippen LogP contribution in [0.4, 0.5) is 0 Å². The highest BCUT2D eigenvalue weighted by molar-refractivity contribution is 4.72. The monoisotopic (exact) mass is 186 g/mol. The summed E-state index contributed by atoms with van der Waals surface area (Å²) in [7, 11) is 0. The SMILES string of the molecule is C=C.CC1CCC(C(C)C)C(O)O1. The molecule has 0 bridgehead atoms. The van der Waals surface area contributed by atoms with E-state index in [1.54, 1.807) is 0 Å². The Morgan fingerprint density at radius 3 is 2.23 bits per heavy atom. The molecule has 2 heteroatoms. The maximum atomic E-state index is 9.49. The molecule has 13 heavy (non-hydrogen) atoms. The average Bonchev–Trinajstić information content (AvgIpc) is 2.07. The van der Waals surface area contributed by atoms with Crippen LogP contribution in [0.5, 0.6) is 0 Å². The van der Waals surface area contributed by atoms with Gasteiger partial charge in [-0.15, -0.1) is 13.2 Å². The second-order valence-corrected chi connectivity index (χ2v) is 3.82. The van der Waals surface area contributed by atoms with Crippen LogP contribution in [0, 0.1) is 11.8 Å². The third-order valence-corrected chi connectivity index (χ3v) is 2.50. The summed E-state index contributed by atoms with van der Waals surface area (Å²) in [6.45, 7) is 12.3. The minimum Gasteiger partial charge on any atom is -0.368 e. The van der Waals surface area contributed by atoms with Gasteiger partial charge in [0, 0.05) is 5.92 Å². The van der Waals surface area contributed by atoms with E-state index in [4.69, 9.17) is 4.74 Å². The van der Waals surface area contributed by atoms with Crippen LogP contribution in [-0.4, -0.2) is 17.5 Å². The van der Waals surface area contributed by atoms with E-state index in [2.05, 4.69) is 27.0 Å². The molecule has 1 heterocycles. The minimum absolute atomic E-state index is 0.236. The molecule has 0 aromatic rings. The van der Waals surface area contributed by atoms with E-state index in [-0.39, 0.29) is 6.10 Å². The Kier molecular flexibility index (Phi) is 6.00. The van der Waals surface area contributed by atoms with Gasteiger partial charge in [-0.1, -0.05) is 13.8 Å². The molecule has 1 aliphatic rings. The first-order valence-electron chi connectivity index (χ1n) is 4.94. The fraction of sp³-hybridized carbons (Fsp3) is 0.818. The van der Waals surface area contributed by atoms with Crippen molar-refractivity contribution in [1.82, 2.24) is 0 Å². The van der Waals surface area contributed by atoms with Gasteiger partial charge in [0.1, 0.15) is 0 Å². The molecule has 0 spiro atoms. The van der Waals surface area contributed by atoms with Gasteiger partial charge >= 0.3 is 0 Å². The lowest BCUT2D eigenvalue weighted by atomic mass is 9.87. The molecule has 0 aromatic carbocycles. The van der Waals surface area contributed by atoms with Gasteiger partial charge in [0.05, 0.1) is 6.10 Å². The van der Waals surface area contributed by atoms with Crippen molar-refractivity contribution in [3.63, 3.8) is 0 Å². The van der Waals surface area contributed by atoms with Crippen molar-refractivity contribution in [2.24, 2.45) is 11.8 Å². The van der Waals surface area contributed by atoms with E-state index in [1.807, 2.05) is 6.92 Å². The van der Waals surface area contributed by atoms with Crippen molar-refractivity contribution < 1.29 is 9.84 Å². The number of hydrogen-bond donors (Lipinski definition) is 1. The van der Waals surface area contributed by atoms with Crippen LogP contribution in [0.15, 0.2) is 13.2 Å². The van der Waals surface area contributed by atoms with Gasteiger partial charge in [0.25, 0.3) is 0 Å². The largest absolute Gasteiger partial charge is 0.368 e. The predicted molar refractivity (Wildman–Crippen MR) is 55.4 cm³/mol. The number of ether oxygens (including phenoxy) is 1. The number of aliphatic hydroxyl groups excluding tert-OH is 1. The topological polar surface area (TPSA) is 29.5 Å². The molecule has 78 valence electrons. The molecule has 0 aromatic heterocycles. The number of rotatable bonds is 1. The summed E-state index contributed by atoms with van der Waals surface area (Å²) in [5.41, 5.74) is 0. The lowest BCUT2D eigenvalue weighted by Gasteiger charge is -2.34. The minimum atomic E-state index is -0.529. The Bertz CT molecular complexity index is 134. The van der Waals surface area contributed by atoms with Gasteiger partial charge in [-0.25, -0.2) is 0 Å². The first-order chi connectivity index (χ1) is 6.11. The van der Waals surface area contributed by atoms with Gasteiger partial charge in [-0.05, 0) is 25.7 Å². The highest BCUT2D eigenvalue weighted by atomic mass is 16.6. The Morgan fingerprint density at radius 2 is 1.85 bits per heavy atom. The van der Waals surface area contributed by atoms with Crippen LogP contribution >= 0.6 is 0 Å². The molecule has 1 aliphatic heterocycles. The fourth-order valence-corrected chi connectivity index (χ4v) is 1.64. The normalized spacial score (nSPS) is 33.8. The van der Waals surface area contributed by atoms with E-state index in [1.165, 1.54) is 0 Å². The molecule has 1 fully saturated rings. The van der Waals surface area contributed by atoms with E-state index in [0.29, 0.717) is 11.8 Å². The highest BCUT2D eigenvalue weighted by Crippen LogP contribution is 2.28. The zero-order chi connectivity index (χ0) is 10.4. The van der Waals surface area contributed by atoms with Crippen LogP contribution in [0.25, 0.3) is 0 Å². The maximum Gasteiger partial charge on any atom is 0.157 e. The van der Waals surface area contributed by atoms with Crippen molar-refractivity contribution in [3.8, 4) is 0 Å². The van der Waals surface area contributed by atoms with Gasteiger partial charge in [0.2, 0.25) is 0 Å². The fourth-order valence-electron chi connectivity index (χ4n) is 1.64. The van der Waals surface area contributed by atoms with Crippen molar-refractivity contribution in [2.45, 2.75) is 46.0 Å². The highest BCUT2D eigenvalue weighted by Gasteiger charge is 2.29. The molecular formula is C11H22O2. The summed E-state index contributed by atoms with van der Waals surface area (Å²) in [6, 6.07) is 0. The lowest BCUT2D eigenvalue weighted by Crippen LogP contribution is -2.36. The summed E-state index contributed by atoms with van der Waals surface area (Å²) in [5, 5.41) is 9.49. The van der Waals surface area contributed by atoms with E-state index in [9.17, 15) is 5.11 Å². The van der Waals surface area contributed by atoms with E-state index < -0.39 is 6.29 Å². The van der Waals surface area contributed by atoms with Gasteiger partial charge in [0.15, 0.2) is 6.29 Å². The first kappa shape index (κ1) is 12.7. The molecule has 1 saturated heterocycles. The van der Waals surface area contributed by atoms with Crippen LogP contribution in [0.3, 0.4) is 0 Å². The Hall–Kier alpha value is -0.340. The predicted octanol–water partition coefficient (Wildman–Crippen LogP) is 2.58. The second-order valence-electron chi connectivity index (χ2n) is 3.82. The zero-order valence-corrected chi connectivity index (χ0v) is 8.99. The molecule has 2 nitrogen and oxygen atoms in total. The van der Waals surface area contributed by atoms with Crippen molar-refractivity contribution in [1.29, 1.82) is 0 Å². The van der Waals surface area contributed by atoms with Gasteiger partial charge in [-0.3, -0.25) is 0 Å². The van der Waals surface area contributed by atoms with E-state index in [0.717, 1.165) is 12.8 Å². The van der Waals surface area contributed by atoms with Crippen LogP contribution in [0.2, 0.25) is 0 Å². The van der Waals surface area contributed by atoms with Crippen LogP contribution in [0.1, 0.15) is 33.6 Å². The summed E-state index contributed by atoms with van der Waals surface area (Å²) in [4.78, 5) is 0. The summed E-state index contributed by atoms with van der Waals surface area (Å²) < 4.78 is 5.32. The second kappa shape index (κ2) is 6.17. The zero-order valence-electron chi connectivity index (χ0n) is 8.99. The lowest BCUT2D eigenvalue weighted by molar-refractivity contribution is -0.197. The van der Waals surface area contributed by atoms with Gasteiger partial charge in [-0.2, -0.15) is 0 Å². The molecule has 0 radical (unpaired) electrons.